The first-order chi connectivity index (χ1) is 13.1. The van der Waals surface area contributed by atoms with Gasteiger partial charge in [0.25, 0.3) is 5.91 Å². The van der Waals surface area contributed by atoms with E-state index in [2.05, 4.69) is 20.4 Å². The number of primary amides is 1. The normalized spacial score (nSPS) is 11.7. The number of hydrogen-bond acceptors (Lipinski definition) is 6. The zero-order valence-electron chi connectivity index (χ0n) is 14.3. The van der Waals surface area contributed by atoms with Crippen LogP contribution >= 0.6 is 0 Å². The quantitative estimate of drug-likeness (QED) is 0.459. The Morgan fingerprint density at radius 3 is 2.37 bits per heavy atom. The summed E-state index contributed by atoms with van der Waals surface area (Å²) in [6.07, 6.45) is 3.19. The Balaban J connectivity index is 1.84. The zero-order valence-corrected chi connectivity index (χ0v) is 14.3. The van der Waals surface area contributed by atoms with Gasteiger partial charge in [-0.2, -0.15) is 15.4 Å². The molecule has 0 fully saturated rings. The smallest absolute Gasteiger partial charge is 0.285 e. The summed E-state index contributed by atoms with van der Waals surface area (Å²) < 4.78 is 0. The molecule has 0 radical (unpaired) electrons. The summed E-state index contributed by atoms with van der Waals surface area (Å²) in [7, 11) is 0. The third kappa shape index (κ3) is 4.30. The van der Waals surface area contributed by atoms with Crippen molar-refractivity contribution < 1.29 is 14.4 Å². The molecule has 2 aromatic heterocycles. The number of rotatable bonds is 8. The molecule has 1 unspecified atom stereocenters. The summed E-state index contributed by atoms with van der Waals surface area (Å²) in [4.78, 5) is 40.3. The molecule has 0 saturated carbocycles. The third-order valence-electron chi connectivity index (χ3n) is 4.14. The van der Waals surface area contributed by atoms with E-state index in [0.29, 0.717) is 11.3 Å². The predicted octanol–water partition coefficient (Wildman–Crippen LogP) is 1.35. The molecule has 3 N–H and O–H groups in total. The van der Waals surface area contributed by atoms with Crippen LogP contribution in [0.2, 0.25) is 0 Å². The minimum absolute atomic E-state index is 0.108. The molecule has 3 aromatic rings. The standard InChI is InChI=1S/C19H17N5O3/c20-19(27)18(26)14(10-12-4-2-1-3-5-12)11-15(25)17-16(22-24-23-17)13-6-8-21-9-7-13/h1-9,14H,10-11H2,(H2,20,27)(H,22,23,24). The summed E-state index contributed by atoms with van der Waals surface area (Å²) in [5, 5.41) is 10.4. The van der Waals surface area contributed by atoms with Crippen LogP contribution in [0.15, 0.2) is 54.9 Å². The maximum atomic E-state index is 12.8. The number of amides is 1. The van der Waals surface area contributed by atoms with Crippen molar-refractivity contribution in [1.82, 2.24) is 20.4 Å². The number of hydrogen-bond donors (Lipinski definition) is 2. The molecule has 136 valence electrons. The fraction of sp³-hybridized carbons (Fsp3) is 0.158. The van der Waals surface area contributed by atoms with Crippen molar-refractivity contribution in [1.29, 1.82) is 0 Å². The van der Waals surface area contributed by atoms with Crippen molar-refractivity contribution in [2.45, 2.75) is 12.8 Å². The number of carbonyl (C=O) groups is 3. The van der Waals surface area contributed by atoms with Gasteiger partial charge >= 0.3 is 0 Å². The van der Waals surface area contributed by atoms with Gasteiger partial charge in [-0.25, -0.2) is 0 Å². The highest BCUT2D eigenvalue weighted by atomic mass is 16.2. The van der Waals surface area contributed by atoms with E-state index in [1.165, 1.54) is 0 Å². The maximum absolute atomic E-state index is 12.8. The van der Waals surface area contributed by atoms with E-state index in [9.17, 15) is 14.4 Å². The van der Waals surface area contributed by atoms with Crippen LogP contribution < -0.4 is 5.73 Å². The third-order valence-corrected chi connectivity index (χ3v) is 4.14. The van der Waals surface area contributed by atoms with E-state index in [0.717, 1.165) is 5.56 Å². The maximum Gasteiger partial charge on any atom is 0.285 e. The summed E-state index contributed by atoms with van der Waals surface area (Å²) in [6.45, 7) is 0. The molecule has 3 rings (SSSR count). The Bertz CT molecular complexity index is 954. The molecule has 2 heterocycles. The number of aromatic nitrogens is 4. The number of carbonyl (C=O) groups excluding carboxylic acids is 3. The molecular weight excluding hydrogens is 346 g/mol. The van der Waals surface area contributed by atoms with Gasteiger partial charge in [-0.05, 0) is 24.1 Å². The van der Waals surface area contributed by atoms with Crippen molar-refractivity contribution in [2.24, 2.45) is 11.7 Å². The van der Waals surface area contributed by atoms with Gasteiger partial charge in [0.2, 0.25) is 5.78 Å². The fourth-order valence-corrected chi connectivity index (χ4v) is 2.81. The van der Waals surface area contributed by atoms with Gasteiger partial charge in [0.05, 0.1) is 0 Å². The van der Waals surface area contributed by atoms with Crippen molar-refractivity contribution >= 4 is 17.5 Å². The molecule has 0 saturated heterocycles. The van der Waals surface area contributed by atoms with Crippen LogP contribution in [-0.4, -0.2) is 37.9 Å². The largest absolute Gasteiger partial charge is 0.363 e. The topological polar surface area (TPSA) is 132 Å². The Hall–Kier alpha value is -3.68. The van der Waals surface area contributed by atoms with Gasteiger partial charge in [0, 0.05) is 30.3 Å². The van der Waals surface area contributed by atoms with E-state index >= 15 is 0 Å². The Morgan fingerprint density at radius 1 is 1.00 bits per heavy atom. The van der Waals surface area contributed by atoms with Gasteiger partial charge in [0.1, 0.15) is 5.69 Å². The summed E-state index contributed by atoms with van der Waals surface area (Å²) in [5.74, 6) is -3.09. The number of nitrogens with zero attached hydrogens (tertiary/aromatic N) is 3. The van der Waals surface area contributed by atoms with Crippen LogP contribution in [0.1, 0.15) is 22.5 Å². The average Bonchev–Trinajstić information content (AvgIpc) is 3.18. The minimum Gasteiger partial charge on any atom is -0.363 e. The molecule has 8 nitrogen and oxygen atoms in total. The van der Waals surface area contributed by atoms with Crippen LogP contribution in [0.5, 0.6) is 0 Å². The molecule has 1 atom stereocenters. The minimum atomic E-state index is -1.06. The van der Waals surface area contributed by atoms with Crippen LogP contribution in [-0.2, 0) is 16.0 Å². The summed E-state index contributed by atoms with van der Waals surface area (Å²) in [6, 6.07) is 12.5. The first-order valence-electron chi connectivity index (χ1n) is 8.28. The monoisotopic (exact) mass is 363 g/mol. The van der Waals surface area contributed by atoms with E-state index in [4.69, 9.17) is 5.73 Å². The van der Waals surface area contributed by atoms with Crippen molar-refractivity contribution in [3.63, 3.8) is 0 Å². The zero-order chi connectivity index (χ0) is 19.2. The number of benzene rings is 1. The van der Waals surface area contributed by atoms with Gasteiger partial charge in [0.15, 0.2) is 11.5 Å². The van der Waals surface area contributed by atoms with E-state index in [1.54, 1.807) is 24.5 Å². The molecule has 27 heavy (non-hydrogen) atoms. The second-order valence-corrected chi connectivity index (χ2v) is 6.00. The molecule has 0 aliphatic carbocycles. The van der Waals surface area contributed by atoms with E-state index in [-0.39, 0.29) is 18.5 Å². The Kier molecular flexibility index (Phi) is 5.46. The second-order valence-electron chi connectivity index (χ2n) is 6.00. The molecule has 0 aliphatic rings. The lowest BCUT2D eigenvalue weighted by atomic mass is 9.89. The second kappa shape index (κ2) is 8.13. The lowest BCUT2D eigenvalue weighted by molar-refractivity contribution is -0.138. The van der Waals surface area contributed by atoms with Crippen molar-refractivity contribution in [3.8, 4) is 11.3 Å². The van der Waals surface area contributed by atoms with E-state index in [1.807, 2.05) is 30.3 Å². The predicted molar refractivity (Wildman–Crippen MR) is 96.4 cm³/mol. The average molecular weight is 363 g/mol. The number of aromatic amines is 1. The fourth-order valence-electron chi connectivity index (χ4n) is 2.81. The lowest BCUT2D eigenvalue weighted by Crippen LogP contribution is -2.32. The highest BCUT2D eigenvalue weighted by Crippen LogP contribution is 2.22. The van der Waals surface area contributed by atoms with Gasteiger partial charge in [-0.15, -0.1) is 0 Å². The number of Topliss-reactive ketones (excluding diaryl/α,β-unsaturated/α-hetero) is 2. The highest BCUT2D eigenvalue weighted by molar-refractivity contribution is 6.36. The lowest BCUT2D eigenvalue weighted by Gasteiger charge is -2.13. The first kappa shape index (κ1) is 18.1. The molecule has 8 heteroatoms. The number of H-pyrrole nitrogens is 1. The SMILES string of the molecule is NC(=O)C(=O)C(CC(=O)c1n[nH]nc1-c1ccncc1)Cc1ccccc1. The van der Waals surface area contributed by atoms with Crippen LogP contribution in [0.3, 0.4) is 0 Å². The number of nitrogens with one attached hydrogen (secondary N) is 1. The molecule has 0 bridgehead atoms. The molecular formula is C19H17N5O3. The van der Waals surface area contributed by atoms with Crippen LogP contribution in [0.4, 0.5) is 0 Å². The van der Waals surface area contributed by atoms with Crippen molar-refractivity contribution in [2.75, 3.05) is 0 Å². The molecule has 1 aromatic carbocycles. The van der Waals surface area contributed by atoms with Crippen LogP contribution in [0, 0.1) is 5.92 Å². The number of pyridine rings is 1. The number of nitrogens with two attached hydrogens (primary N) is 1. The van der Waals surface area contributed by atoms with Crippen molar-refractivity contribution in [3.05, 3.63) is 66.1 Å². The molecule has 1 amide bonds. The van der Waals surface area contributed by atoms with Gasteiger partial charge in [-0.3, -0.25) is 19.4 Å². The Morgan fingerprint density at radius 2 is 1.70 bits per heavy atom. The summed E-state index contributed by atoms with van der Waals surface area (Å²) in [5.41, 5.74) is 7.14. The molecule has 0 spiro atoms. The van der Waals surface area contributed by atoms with Gasteiger partial charge < -0.3 is 5.73 Å². The highest BCUT2D eigenvalue weighted by Gasteiger charge is 2.29. The molecule has 0 aliphatic heterocycles. The number of ketones is 2. The summed E-state index contributed by atoms with van der Waals surface area (Å²) >= 11 is 0. The van der Waals surface area contributed by atoms with Gasteiger partial charge in [-0.1, -0.05) is 30.3 Å². The first-order valence-corrected chi connectivity index (χ1v) is 8.28. The van der Waals surface area contributed by atoms with Crippen LogP contribution in [0.25, 0.3) is 11.3 Å². The Labute approximate surface area is 154 Å². The van der Waals surface area contributed by atoms with E-state index < -0.39 is 23.4 Å².